The number of ether oxygens (including phenoxy) is 2. The lowest BCUT2D eigenvalue weighted by molar-refractivity contribution is -0.149. The number of carbonyl (C=O) groups excluding carboxylic acids is 4. The van der Waals surface area contributed by atoms with Gasteiger partial charge in [0.15, 0.2) is 0 Å². The van der Waals surface area contributed by atoms with E-state index in [0.717, 1.165) is 122 Å². The van der Waals surface area contributed by atoms with E-state index in [1.54, 1.807) is 0 Å². The average molecular weight is 973 g/mol. The Kier molecular flexibility index (Phi) is 12.8. The molecule has 10 aliphatic rings. The number of aromatic amines is 2. The lowest BCUT2D eigenvalue weighted by Gasteiger charge is -2.51. The van der Waals surface area contributed by atoms with Gasteiger partial charge in [-0.1, -0.05) is 76.2 Å². The molecule has 2 unspecified atom stereocenters. The number of benzene rings is 4. The molecule has 0 radical (unpaired) electrons. The minimum atomic E-state index is -0.691. The van der Waals surface area contributed by atoms with Crippen LogP contribution >= 0.6 is 0 Å². The zero-order valence-electron chi connectivity index (χ0n) is 42.4. The molecule has 8 bridgehead atoms. The van der Waals surface area contributed by atoms with Crippen LogP contribution in [0.3, 0.4) is 0 Å². The molecule has 16 rings (SSSR count). The van der Waals surface area contributed by atoms with Crippen molar-refractivity contribution in [3.05, 3.63) is 107 Å². The monoisotopic (exact) mass is 973 g/mol. The maximum Gasteiger partial charge on any atom is 0.407 e. The highest BCUT2D eigenvalue weighted by Crippen LogP contribution is 2.49. The molecule has 4 N–H and O–H groups in total. The predicted octanol–water partition coefficient (Wildman–Crippen LogP) is 10.3. The Hall–Kier alpha value is -6.70. The third-order valence-corrected chi connectivity index (χ3v) is 17.0. The number of aromatic nitrogens is 4. The highest BCUT2D eigenvalue weighted by molar-refractivity contribution is 5.89. The number of methoxy groups -OCH3 is 2. The summed E-state index contributed by atoms with van der Waals surface area (Å²) in [5.74, 6) is 1.84. The second-order valence-electron chi connectivity index (χ2n) is 21.9. The number of rotatable bonds is 10. The van der Waals surface area contributed by atoms with Gasteiger partial charge in [0.05, 0.1) is 48.4 Å². The van der Waals surface area contributed by atoms with Gasteiger partial charge < -0.3 is 39.9 Å². The van der Waals surface area contributed by atoms with Gasteiger partial charge in [0.1, 0.15) is 23.7 Å². The third-order valence-electron chi connectivity index (χ3n) is 17.0. The Morgan fingerprint density at radius 3 is 1.32 bits per heavy atom. The topological polar surface area (TPSA) is 175 Å². The van der Waals surface area contributed by atoms with Crippen LogP contribution in [0.5, 0.6) is 0 Å². The number of nitrogens with one attached hydrogen (secondary N) is 4. The molecule has 4 saturated heterocycles. The van der Waals surface area contributed by atoms with E-state index in [1.807, 2.05) is 37.5 Å². The van der Waals surface area contributed by atoms with Crippen molar-refractivity contribution in [2.75, 3.05) is 14.2 Å². The second-order valence-corrected chi connectivity index (χ2v) is 21.9. The molecule has 376 valence electrons. The van der Waals surface area contributed by atoms with Gasteiger partial charge in [-0.15, -0.1) is 0 Å². The molecule has 6 fully saturated rings. The molecule has 6 aliphatic carbocycles. The van der Waals surface area contributed by atoms with Crippen LogP contribution in [0.2, 0.25) is 0 Å². The molecule has 6 aromatic rings. The Bertz CT molecular complexity index is 2850. The number of nitrogens with zero attached hydrogens (tertiary/aromatic N) is 4. The summed E-state index contributed by atoms with van der Waals surface area (Å²) in [6.45, 7) is 7.83. The van der Waals surface area contributed by atoms with Crippen molar-refractivity contribution >= 4 is 46.1 Å². The summed E-state index contributed by atoms with van der Waals surface area (Å²) in [6.07, 6.45) is 10.3. The average Bonchev–Trinajstić information content (AvgIpc) is 4.03. The predicted molar refractivity (Wildman–Crippen MR) is 277 cm³/mol. The van der Waals surface area contributed by atoms with Crippen molar-refractivity contribution in [1.82, 2.24) is 40.4 Å². The van der Waals surface area contributed by atoms with Gasteiger partial charge in [-0.05, 0) is 169 Å². The molecule has 6 heterocycles. The van der Waals surface area contributed by atoms with Gasteiger partial charge >= 0.3 is 12.2 Å². The van der Waals surface area contributed by atoms with Gasteiger partial charge in [0.25, 0.3) is 0 Å². The summed E-state index contributed by atoms with van der Waals surface area (Å²) in [4.78, 5) is 75.3. The van der Waals surface area contributed by atoms with Crippen molar-refractivity contribution in [1.29, 1.82) is 0 Å². The molecule has 4 aliphatic heterocycles. The molecular formula is C58H68N8O6. The van der Waals surface area contributed by atoms with E-state index >= 15 is 0 Å². The summed E-state index contributed by atoms with van der Waals surface area (Å²) in [5, 5.41) is 5.65. The number of hydrogen-bond acceptors (Lipinski definition) is 8. The molecule has 2 aromatic heterocycles. The number of aryl methyl sites for hydroxylation is 4. The van der Waals surface area contributed by atoms with E-state index in [-0.39, 0.29) is 59.7 Å². The Balaban J connectivity index is 0.851. The number of amides is 4. The molecule has 14 heteroatoms. The molecule has 72 heavy (non-hydrogen) atoms. The van der Waals surface area contributed by atoms with Crippen LogP contribution in [0.1, 0.15) is 125 Å². The van der Waals surface area contributed by atoms with Gasteiger partial charge in [0, 0.05) is 12.1 Å². The van der Waals surface area contributed by atoms with Crippen LogP contribution in [0.4, 0.5) is 9.59 Å². The van der Waals surface area contributed by atoms with E-state index in [1.165, 1.54) is 47.6 Å². The Labute approximate surface area is 421 Å². The minimum Gasteiger partial charge on any atom is -0.453 e. The van der Waals surface area contributed by atoms with Crippen LogP contribution in [0, 0.1) is 23.7 Å². The van der Waals surface area contributed by atoms with E-state index in [0.29, 0.717) is 0 Å². The third kappa shape index (κ3) is 8.78. The summed E-state index contributed by atoms with van der Waals surface area (Å²) < 4.78 is 9.83. The summed E-state index contributed by atoms with van der Waals surface area (Å²) in [6, 6.07) is 25.5. The van der Waals surface area contributed by atoms with E-state index < -0.39 is 24.3 Å². The molecular weight excluding hydrogens is 905 g/mol. The summed E-state index contributed by atoms with van der Waals surface area (Å²) in [7, 11) is 2.66. The van der Waals surface area contributed by atoms with Gasteiger partial charge in [0.2, 0.25) is 11.8 Å². The van der Waals surface area contributed by atoms with Crippen LogP contribution in [-0.2, 0) is 44.7 Å². The highest BCUT2D eigenvalue weighted by Gasteiger charge is 2.50. The molecule has 4 amide bonds. The first-order valence-electron chi connectivity index (χ1n) is 26.4. The van der Waals surface area contributed by atoms with Gasteiger partial charge in [-0.2, -0.15) is 0 Å². The fourth-order valence-corrected chi connectivity index (χ4v) is 13.1. The van der Waals surface area contributed by atoms with E-state index in [2.05, 4.69) is 93.4 Å². The maximum atomic E-state index is 14.4. The number of fused-ring (bicyclic) bond motifs is 8. The van der Waals surface area contributed by atoms with Crippen LogP contribution < -0.4 is 10.6 Å². The molecule has 2 saturated carbocycles. The lowest BCUT2D eigenvalue weighted by atomic mass is 9.73. The standard InChI is InChI=1S/C58H68N8O6/c1-31(2)49(63-57(69)71-5)55(67)65-41-21-15-37(16-22-41)51(65)53-59-45-25-19-39(29-47(45)61-53)43-27-33-7-11-35(43)13-9-34-8-12-36(14-10-33)44(28-34)40-20-26-46-48(30-40)62-54(60-46)52-38-17-23-42(24-18-38)66(52)56(68)50(32(3)4)64-58(70)72-6/h7-8,11-12,19-20,25-32,37-38,41-42,49-52H,9-10,13-18,21-24H2,1-6H3,(H,59,61)(H,60,62)(H,63,69)(H,64,70)/t37?,38?,41?,42?,49?,50?,51-,52-/m0/s1. The fourth-order valence-electron chi connectivity index (χ4n) is 13.1. The minimum absolute atomic E-state index is 0.0721. The molecule has 14 nitrogen and oxygen atoms in total. The van der Waals surface area contributed by atoms with Crippen molar-refractivity contribution < 1.29 is 28.7 Å². The van der Waals surface area contributed by atoms with E-state index in [4.69, 9.17) is 19.4 Å². The summed E-state index contributed by atoms with van der Waals surface area (Å²) >= 11 is 0. The first-order chi connectivity index (χ1) is 34.8. The SMILES string of the molecule is COC(=O)NC(C(=O)N1C2CCC(CC2)[C@H]1c1nc2cc(-c3cc4ccc3CCc3ccc(c(-c5ccc6[nH]c([C@@H]7C8CCC(CC8)N7C(=O)C(NC(=O)OC)C(C)C)nc6c5)c3)CC4)ccc2[nH]1)C(C)C. The number of piperidine rings is 4. The van der Waals surface area contributed by atoms with Gasteiger partial charge in [-0.3, -0.25) is 9.59 Å². The largest absolute Gasteiger partial charge is 0.453 e. The zero-order chi connectivity index (χ0) is 49.9. The smallest absolute Gasteiger partial charge is 0.407 e. The Morgan fingerprint density at radius 1 is 0.542 bits per heavy atom. The van der Waals surface area contributed by atoms with Crippen molar-refractivity contribution in [3.8, 4) is 22.3 Å². The second kappa shape index (κ2) is 19.4. The van der Waals surface area contributed by atoms with Crippen molar-refractivity contribution in [2.24, 2.45) is 23.7 Å². The van der Waals surface area contributed by atoms with Crippen molar-refractivity contribution in [2.45, 2.75) is 141 Å². The number of alkyl carbamates (subject to hydrolysis) is 2. The normalized spacial score (nSPS) is 23.3. The van der Waals surface area contributed by atoms with Gasteiger partial charge in [-0.25, -0.2) is 19.6 Å². The molecule has 4 aromatic carbocycles. The molecule has 4 atom stereocenters. The van der Waals surface area contributed by atoms with E-state index in [9.17, 15) is 19.2 Å². The number of H-pyrrole nitrogens is 2. The maximum absolute atomic E-state index is 14.4. The first-order valence-corrected chi connectivity index (χ1v) is 26.4. The van der Waals surface area contributed by atoms with Crippen LogP contribution in [0.25, 0.3) is 44.3 Å². The fraction of sp³-hybridized carbons (Fsp3) is 0.483. The van der Waals surface area contributed by atoms with Crippen LogP contribution in [-0.4, -0.2) is 92.1 Å². The number of imidazole rings is 2. The highest BCUT2D eigenvalue weighted by atomic mass is 16.5. The summed E-state index contributed by atoms with van der Waals surface area (Å²) in [5.41, 5.74) is 13.5. The Morgan fingerprint density at radius 2 is 0.944 bits per heavy atom. The zero-order valence-corrected chi connectivity index (χ0v) is 42.4. The lowest BCUT2D eigenvalue weighted by Crippen LogP contribution is -2.59. The molecule has 0 spiro atoms. The quantitative estimate of drug-likeness (QED) is 0.105. The van der Waals surface area contributed by atoms with Crippen molar-refractivity contribution in [3.63, 3.8) is 0 Å². The number of carbonyl (C=O) groups is 4. The van der Waals surface area contributed by atoms with Crippen LogP contribution in [0.15, 0.2) is 72.8 Å². The number of hydrogen-bond donors (Lipinski definition) is 4. The first kappa shape index (κ1) is 47.6.